The number of rotatable bonds is 4. The van der Waals surface area contributed by atoms with Gasteiger partial charge in [0.1, 0.15) is 0 Å². The highest BCUT2D eigenvalue weighted by molar-refractivity contribution is 7.99. The van der Waals surface area contributed by atoms with E-state index in [2.05, 4.69) is 10.3 Å². The number of methoxy groups -OCH3 is 1. The molecule has 1 aliphatic heterocycles. The lowest BCUT2D eigenvalue weighted by molar-refractivity contribution is -0.119. The fourth-order valence-corrected chi connectivity index (χ4v) is 4.20. The van der Waals surface area contributed by atoms with E-state index >= 15 is 0 Å². The van der Waals surface area contributed by atoms with E-state index < -0.39 is 11.9 Å². The normalized spacial score (nSPS) is 15.7. The van der Waals surface area contributed by atoms with Crippen molar-refractivity contribution < 1.29 is 14.3 Å². The fraction of sp³-hybridized carbons (Fsp3) is 0.368. The van der Waals surface area contributed by atoms with Gasteiger partial charge < -0.3 is 10.1 Å². The number of hydrogen-bond donors (Lipinski definition) is 1. The monoisotopic (exact) mass is 387 g/mol. The summed E-state index contributed by atoms with van der Waals surface area (Å²) in [6.07, 6.45) is 0.603. The van der Waals surface area contributed by atoms with Gasteiger partial charge in [-0.1, -0.05) is 30.8 Å². The molecule has 0 aliphatic carbocycles. The third-order valence-corrected chi connectivity index (χ3v) is 5.70. The van der Waals surface area contributed by atoms with E-state index in [1.165, 1.54) is 18.9 Å². The molecule has 0 fully saturated rings. The molecule has 8 heteroatoms. The largest absolute Gasteiger partial charge is 0.465 e. The van der Waals surface area contributed by atoms with Crippen molar-refractivity contribution in [2.45, 2.75) is 32.0 Å². The zero-order valence-corrected chi connectivity index (χ0v) is 16.3. The Balaban J connectivity index is 1.83. The molecule has 7 nitrogen and oxygen atoms in total. The van der Waals surface area contributed by atoms with Crippen molar-refractivity contribution in [2.75, 3.05) is 18.2 Å². The SMILES string of the molecule is CCc1c(C)nc2n(c1=O)CC(C(=O)Nc1ccccc1C(=O)OC)CS2. The number of carbonyl (C=O) groups excluding carboxylic acids is 2. The Hall–Kier alpha value is -2.61. The first-order valence-electron chi connectivity index (χ1n) is 8.67. The molecule has 1 aromatic carbocycles. The molecule has 142 valence electrons. The molecule has 0 bridgehead atoms. The summed E-state index contributed by atoms with van der Waals surface area (Å²) in [5.41, 5.74) is 2.03. The van der Waals surface area contributed by atoms with Crippen LogP contribution in [0.2, 0.25) is 0 Å². The average molecular weight is 387 g/mol. The first kappa shape index (κ1) is 19.2. The first-order valence-corrected chi connectivity index (χ1v) is 9.66. The molecule has 0 spiro atoms. The highest BCUT2D eigenvalue weighted by Gasteiger charge is 2.28. The molecule has 1 aromatic heterocycles. The number of fused-ring (bicyclic) bond motifs is 1. The Morgan fingerprint density at radius 1 is 1.37 bits per heavy atom. The number of hydrogen-bond acceptors (Lipinski definition) is 6. The van der Waals surface area contributed by atoms with Gasteiger partial charge >= 0.3 is 5.97 Å². The number of carbonyl (C=O) groups is 2. The Labute approximate surface area is 161 Å². The molecule has 2 aromatic rings. The van der Waals surface area contributed by atoms with Gasteiger partial charge in [-0.3, -0.25) is 14.2 Å². The van der Waals surface area contributed by atoms with Crippen molar-refractivity contribution in [2.24, 2.45) is 5.92 Å². The number of para-hydroxylation sites is 1. The number of esters is 1. The molecule has 1 unspecified atom stereocenters. The minimum atomic E-state index is -0.516. The standard InChI is InChI=1S/C19H21N3O4S/c1-4-13-11(2)20-19-22(17(13)24)9-12(10-27-19)16(23)21-15-8-6-5-7-14(15)18(25)26-3/h5-8,12H,4,9-10H2,1-3H3,(H,21,23). The zero-order valence-electron chi connectivity index (χ0n) is 15.4. The summed E-state index contributed by atoms with van der Waals surface area (Å²) in [5.74, 6) is -0.642. The number of ether oxygens (including phenoxy) is 1. The molecular formula is C19H21N3O4S. The van der Waals surface area contributed by atoms with Gasteiger partial charge in [0.25, 0.3) is 5.56 Å². The van der Waals surface area contributed by atoms with Crippen LogP contribution in [-0.4, -0.2) is 34.3 Å². The van der Waals surface area contributed by atoms with Crippen molar-refractivity contribution in [3.8, 4) is 0 Å². The van der Waals surface area contributed by atoms with Crippen molar-refractivity contribution in [1.29, 1.82) is 0 Å². The number of anilines is 1. The molecule has 0 saturated carbocycles. The van der Waals surface area contributed by atoms with Crippen molar-refractivity contribution in [3.05, 3.63) is 51.4 Å². The van der Waals surface area contributed by atoms with Gasteiger partial charge in [0.05, 0.1) is 24.3 Å². The first-order chi connectivity index (χ1) is 13.0. The molecular weight excluding hydrogens is 366 g/mol. The maximum atomic E-state index is 12.8. The Morgan fingerprint density at radius 2 is 2.11 bits per heavy atom. The summed E-state index contributed by atoms with van der Waals surface area (Å²) in [6.45, 7) is 4.03. The minimum Gasteiger partial charge on any atom is -0.465 e. The van der Waals surface area contributed by atoms with E-state index in [1.807, 2.05) is 13.8 Å². The summed E-state index contributed by atoms with van der Waals surface area (Å²) < 4.78 is 6.33. The second-order valence-electron chi connectivity index (χ2n) is 6.26. The molecule has 0 saturated heterocycles. The lowest BCUT2D eigenvalue weighted by atomic mass is 10.1. The second kappa shape index (κ2) is 7.96. The number of thioether (sulfide) groups is 1. The van der Waals surface area contributed by atoms with Crippen LogP contribution in [0.1, 0.15) is 28.5 Å². The third kappa shape index (κ3) is 3.75. The molecule has 0 radical (unpaired) electrons. The summed E-state index contributed by atoms with van der Waals surface area (Å²) in [5, 5.41) is 3.44. The fourth-order valence-electron chi connectivity index (χ4n) is 3.08. The second-order valence-corrected chi connectivity index (χ2v) is 7.25. The number of aryl methyl sites for hydroxylation is 1. The van der Waals surface area contributed by atoms with E-state index in [9.17, 15) is 14.4 Å². The van der Waals surface area contributed by atoms with Crippen LogP contribution in [0.25, 0.3) is 0 Å². The maximum absolute atomic E-state index is 12.8. The van der Waals surface area contributed by atoms with Crippen LogP contribution < -0.4 is 10.9 Å². The number of nitrogens with one attached hydrogen (secondary N) is 1. The smallest absolute Gasteiger partial charge is 0.339 e. The Morgan fingerprint density at radius 3 is 2.81 bits per heavy atom. The van der Waals surface area contributed by atoms with Crippen molar-refractivity contribution in [3.63, 3.8) is 0 Å². The average Bonchev–Trinajstić information content (AvgIpc) is 2.68. The zero-order chi connectivity index (χ0) is 19.6. The summed E-state index contributed by atoms with van der Waals surface area (Å²) in [6, 6.07) is 6.68. The number of nitrogens with zero attached hydrogens (tertiary/aromatic N) is 2. The van der Waals surface area contributed by atoms with Gasteiger partial charge in [0, 0.05) is 23.6 Å². The Bertz CT molecular complexity index is 954. The van der Waals surface area contributed by atoms with Crippen LogP contribution in [0.4, 0.5) is 5.69 Å². The van der Waals surface area contributed by atoms with E-state index in [4.69, 9.17) is 4.74 Å². The van der Waals surface area contributed by atoms with Crippen molar-refractivity contribution in [1.82, 2.24) is 9.55 Å². The quantitative estimate of drug-likeness (QED) is 0.639. The van der Waals surface area contributed by atoms with Gasteiger partial charge in [0.2, 0.25) is 5.91 Å². The highest BCUT2D eigenvalue weighted by atomic mass is 32.2. The van der Waals surface area contributed by atoms with Gasteiger partial charge in [0.15, 0.2) is 5.16 Å². The van der Waals surface area contributed by atoms with Crippen LogP contribution in [-0.2, 0) is 22.5 Å². The van der Waals surface area contributed by atoms with Crippen LogP contribution in [0.15, 0.2) is 34.2 Å². The lowest BCUT2D eigenvalue weighted by Gasteiger charge is -2.25. The van der Waals surface area contributed by atoms with Gasteiger partial charge in [-0.05, 0) is 25.5 Å². The van der Waals surface area contributed by atoms with E-state index in [-0.39, 0.29) is 18.0 Å². The van der Waals surface area contributed by atoms with Gasteiger partial charge in [-0.15, -0.1) is 0 Å². The van der Waals surface area contributed by atoms with Gasteiger partial charge in [-0.25, -0.2) is 9.78 Å². The van der Waals surface area contributed by atoms with Crippen LogP contribution in [0, 0.1) is 12.8 Å². The molecule has 2 heterocycles. The van der Waals surface area contributed by atoms with E-state index in [0.29, 0.717) is 34.1 Å². The van der Waals surface area contributed by atoms with E-state index in [1.54, 1.807) is 28.8 Å². The van der Waals surface area contributed by atoms with Crippen LogP contribution in [0.5, 0.6) is 0 Å². The minimum absolute atomic E-state index is 0.0834. The highest BCUT2D eigenvalue weighted by Crippen LogP contribution is 2.27. The summed E-state index contributed by atoms with van der Waals surface area (Å²) >= 11 is 1.40. The molecule has 1 aliphatic rings. The maximum Gasteiger partial charge on any atom is 0.339 e. The number of benzene rings is 1. The van der Waals surface area contributed by atoms with Crippen molar-refractivity contribution >= 4 is 29.3 Å². The molecule has 1 amide bonds. The predicted molar refractivity (Wildman–Crippen MR) is 103 cm³/mol. The Kier molecular flexibility index (Phi) is 5.65. The third-order valence-electron chi connectivity index (χ3n) is 4.57. The van der Waals surface area contributed by atoms with Crippen LogP contribution >= 0.6 is 11.8 Å². The lowest BCUT2D eigenvalue weighted by Crippen LogP contribution is -2.38. The molecule has 1 atom stereocenters. The topological polar surface area (TPSA) is 90.3 Å². The molecule has 1 N–H and O–H groups in total. The molecule has 3 rings (SSSR count). The number of aromatic nitrogens is 2. The van der Waals surface area contributed by atoms with Crippen LogP contribution in [0.3, 0.4) is 0 Å². The summed E-state index contributed by atoms with van der Waals surface area (Å²) in [4.78, 5) is 41.8. The predicted octanol–water partition coefficient (Wildman–Crippen LogP) is 2.26. The summed E-state index contributed by atoms with van der Waals surface area (Å²) in [7, 11) is 1.29. The number of amides is 1. The van der Waals surface area contributed by atoms with Gasteiger partial charge in [-0.2, -0.15) is 0 Å². The van der Waals surface area contributed by atoms with E-state index in [0.717, 1.165) is 5.69 Å². The molecule has 27 heavy (non-hydrogen) atoms.